The minimum absolute atomic E-state index is 0.0336. The highest BCUT2D eigenvalue weighted by atomic mass is 35.6. The monoisotopic (exact) mass is 278 g/mol. The second kappa shape index (κ2) is 4.41. The normalized spacial score (nSPS) is 12.2. The molecular weight excluding hydrogens is 270 g/mol. The molecule has 0 spiro atoms. The fourth-order valence-corrected chi connectivity index (χ4v) is 2.05. The van der Waals surface area contributed by atoms with Gasteiger partial charge in [-0.2, -0.15) is 0 Å². The molecule has 0 saturated carbocycles. The number of nitrogens with zero attached hydrogens (tertiary/aromatic N) is 2. The first-order valence-electron chi connectivity index (χ1n) is 4.67. The lowest BCUT2D eigenvalue weighted by Crippen LogP contribution is -2.13. The van der Waals surface area contributed by atoms with Crippen LogP contribution in [-0.2, 0) is 10.3 Å². The summed E-state index contributed by atoms with van der Waals surface area (Å²) in [5.41, 5.74) is 1.59. The third-order valence-corrected chi connectivity index (χ3v) is 2.74. The molecule has 1 heterocycles. The highest BCUT2D eigenvalue weighted by Crippen LogP contribution is 2.38. The molecule has 1 aromatic carbocycles. The maximum Gasteiger partial charge on any atom is 0.248 e. The van der Waals surface area contributed by atoms with Gasteiger partial charge in [-0.1, -0.05) is 46.9 Å². The van der Waals surface area contributed by atoms with Crippen molar-refractivity contribution in [2.75, 3.05) is 6.61 Å². The van der Waals surface area contributed by atoms with Gasteiger partial charge in [0.2, 0.25) is 3.79 Å². The Hall–Kier alpha value is -0.480. The number of alkyl halides is 3. The number of para-hydroxylation sites is 2. The molecule has 0 radical (unpaired) electrons. The Balaban J connectivity index is 2.68. The molecule has 86 valence electrons. The van der Waals surface area contributed by atoms with Gasteiger partial charge in [0.25, 0.3) is 0 Å². The summed E-state index contributed by atoms with van der Waals surface area (Å²) < 4.78 is 0.122. The third kappa shape index (κ3) is 2.13. The highest BCUT2D eigenvalue weighted by Gasteiger charge is 2.30. The van der Waals surface area contributed by atoms with E-state index < -0.39 is 3.79 Å². The Morgan fingerprint density at radius 1 is 1.25 bits per heavy atom. The van der Waals surface area contributed by atoms with Crippen molar-refractivity contribution in [2.24, 2.45) is 0 Å². The molecule has 6 heteroatoms. The predicted octanol–water partition coefficient (Wildman–Crippen LogP) is 2.86. The smallest absolute Gasteiger partial charge is 0.248 e. The van der Waals surface area contributed by atoms with E-state index in [1.54, 1.807) is 4.57 Å². The summed E-state index contributed by atoms with van der Waals surface area (Å²) >= 11 is 17.5. The number of hydrogen-bond donors (Lipinski definition) is 1. The first-order valence-corrected chi connectivity index (χ1v) is 5.81. The summed E-state index contributed by atoms with van der Waals surface area (Å²) in [5.74, 6) is 0.327. The van der Waals surface area contributed by atoms with Gasteiger partial charge in [0.1, 0.15) is 0 Å². The van der Waals surface area contributed by atoms with E-state index in [-0.39, 0.29) is 6.61 Å². The highest BCUT2D eigenvalue weighted by molar-refractivity contribution is 6.66. The number of rotatable bonds is 2. The van der Waals surface area contributed by atoms with Crippen LogP contribution >= 0.6 is 34.8 Å². The lowest BCUT2D eigenvalue weighted by atomic mass is 10.3. The van der Waals surface area contributed by atoms with Gasteiger partial charge < -0.3 is 9.67 Å². The average molecular weight is 280 g/mol. The topological polar surface area (TPSA) is 38.0 Å². The zero-order valence-electron chi connectivity index (χ0n) is 8.20. The number of aliphatic hydroxyl groups is 1. The fraction of sp³-hybridized carbons (Fsp3) is 0.300. The van der Waals surface area contributed by atoms with E-state index in [9.17, 15) is 0 Å². The van der Waals surface area contributed by atoms with Crippen molar-refractivity contribution in [1.29, 1.82) is 0 Å². The summed E-state index contributed by atoms with van der Waals surface area (Å²) in [6, 6.07) is 7.45. The lowest BCUT2D eigenvalue weighted by Gasteiger charge is -2.13. The van der Waals surface area contributed by atoms with E-state index in [2.05, 4.69) is 4.98 Å². The molecule has 0 fully saturated rings. The molecule has 0 aliphatic heterocycles. The van der Waals surface area contributed by atoms with Crippen LogP contribution in [0.15, 0.2) is 24.3 Å². The zero-order valence-corrected chi connectivity index (χ0v) is 10.5. The van der Waals surface area contributed by atoms with Crippen LogP contribution in [0.2, 0.25) is 0 Å². The molecule has 2 aromatic rings. The molecule has 1 aromatic heterocycles. The van der Waals surface area contributed by atoms with Crippen LogP contribution in [0.5, 0.6) is 0 Å². The van der Waals surface area contributed by atoms with Gasteiger partial charge in [-0.15, -0.1) is 0 Å². The fourth-order valence-electron chi connectivity index (χ4n) is 1.62. The van der Waals surface area contributed by atoms with E-state index in [0.29, 0.717) is 12.4 Å². The number of aromatic nitrogens is 2. The summed E-state index contributed by atoms with van der Waals surface area (Å²) in [7, 11) is 0. The Labute approximate surface area is 108 Å². The van der Waals surface area contributed by atoms with Gasteiger partial charge in [0.05, 0.1) is 17.6 Å². The Bertz CT molecular complexity index is 504. The maximum atomic E-state index is 9.01. The lowest BCUT2D eigenvalue weighted by molar-refractivity contribution is 0.276. The number of imidazole rings is 1. The van der Waals surface area contributed by atoms with E-state index in [0.717, 1.165) is 11.0 Å². The Morgan fingerprint density at radius 2 is 1.94 bits per heavy atom. The van der Waals surface area contributed by atoms with Gasteiger partial charge in [0, 0.05) is 6.54 Å². The Morgan fingerprint density at radius 3 is 2.56 bits per heavy atom. The molecule has 0 atom stereocenters. The van der Waals surface area contributed by atoms with E-state index >= 15 is 0 Å². The van der Waals surface area contributed by atoms with Crippen molar-refractivity contribution < 1.29 is 5.11 Å². The third-order valence-electron chi connectivity index (χ3n) is 2.23. The molecule has 0 aliphatic rings. The van der Waals surface area contributed by atoms with Gasteiger partial charge >= 0.3 is 0 Å². The summed E-state index contributed by atoms with van der Waals surface area (Å²) in [6.45, 7) is 0.317. The first-order chi connectivity index (χ1) is 7.54. The van der Waals surface area contributed by atoms with Crippen LogP contribution < -0.4 is 0 Å². The standard InChI is InChI=1S/C10H9Cl3N2O/c11-10(12,13)9-14-7-3-1-2-4-8(7)15(9)5-6-16/h1-4,16H,5-6H2. The van der Waals surface area contributed by atoms with Gasteiger partial charge in [-0.05, 0) is 12.1 Å². The van der Waals surface area contributed by atoms with E-state index in [4.69, 9.17) is 39.9 Å². The van der Waals surface area contributed by atoms with Gasteiger partial charge in [0.15, 0.2) is 5.82 Å². The quantitative estimate of drug-likeness (QED) is 0.859. The minimum atomic E-state index is -1.59. The number of halogens is 3. The van der Waals surface area contributed by atoms with E-state index in [1.807, 2.05) is 24.3 Å². The Kier molecular flexibility index (Phi) is 3.31. The van der Waals surface area contributed by atoms with Crippen molar-refractivity contribution >= 4 is 45.8 Å². The molecule has 0 amide bonds. The number of fused-ring (bicyclic) bond motifs is 1. The summed E-state index contributed by atoms with van der Waals surface area (Å²) in [6.07, 6.45) is 0. The minimum Gasteiger partial charge on any atom is -0.395 e. The molecule has 0 aliphatic carbocycles. The van der Waals surface area contributed by atoms with Crippen molar-refractivity contribution in [3.05, 3.63) is 30.1 Å². The number of hydrogen-bond acceptors (Lipinski definition) is 2. The second-order valence-corrected chi connectivity index (χ2v) is 5.58. The number of aliphatic hydroxyl groups excluding tert-OH is 1. The SMILES string of the molecule is OCCn1c(C(Cl)(Cl)Cl)nc2ccccc21. The van der Waals surface area contributed by atoms with Crippen LogP contribution in [0.25, 0.3) is 11.0 Å². The van der Waals surface area contributed by atoms with Crippen molar-refractivity contribution in [1.82, 2.24) is 9.55 Å². The molecule has 0 unspecified atom stereocenters. The number of benzene rings is 1. The summed E-state index contributed by atoms with van der Waals surface area (Å²) in [4.78, 5) is 4.26. The van der Waals surface area contributed by atoms with Crippen molar-refractivity contribution in [3.8, 4) is 0 Å². The van der Waals surface area contributed by atoms with Crippen LogP contribution in [0.1, 0.15) is 5.82 Å². The zero-order chi connectivity index (χ0) is 11.8. The van der Waals surface area contributed by atoms with Crippen LogP contribution in [-0.4, -0.2) is 21.3 Å². The van der Waals surface area contributed by atoms with Crippen molar-refractivity contribution in [3.63, 3.8) is 0 Å². The van der Waals surface area contributed by atoms with Crippen LogP contribution in [0.3, 0.4) is 0 Å². The molecule has 16 heavy (non-hydrogen) atoms. The largest absolute Gasteiger partial charge is 0.395 e. The molecule has 0 saturated heterocycles. The molecule has 3 nitrogen and oxygen atoms in total. The second-order valence-electron chi connectivity index (χ2n) is 3.30. The molecule has 0 bridgehead atoms. The van der Waals surface area contributed by atoms with Gasteiger partial charge in [-0.25, -0.2) is 4.98 Å². The average Bonchev–Trinajstić information content (AvgIpc) is 2.58. The van der Waals surface area contributed by atoms with E-state index in [1.165, 1.54) is 0 Å². The maximum absolute atomic E-state index is 9.01. The summed E-state index contributed by atoms with van der Waals surface area (Å²) in [5, 5.41) is 9.01. The molecule has 2 rings (SSSR count). The van der Waals surface area contributed by atoms with Crippen LogP contribution in [0.4, 0.5) is 0 Å². The molecular formula is C10H9Cl3N2O. The molecule has 1 N–H and O–H groups in total. The van der Waals surface area contributed by atoms with Crippen LogP contribution in [0, 0.1) is 0 Å². The van der Waals surface area contributed by atoms with Gasteiger partial charge in [-0.3, -0.25) is 0 Å². The predicted molar refractivity (Wildman–Crippen MR) is 66.1 cm³/mol. The van der Waals surface area contributed by atoms with Crippen molar-refractivity contribution in [2.45, 2.75) is 10.3 Å². The first kappa shape index (κ1) is 12.0.